The van der Waals surface area contributed by atoms with Crippen LogP contribution in [-0.2, 0) is 4.79 Å². The SMILES string of the molecule is CC1CCCN(C(=O)CC(NC(N)=O)c2cccs2)C1. The minimum Gasteiger partial charge on any atom is -0.352 e. The van der Waals surface area contributed by atoms with Crippen molar-refractivity contribution in [3.05, 3.63) is 22.4 Å². The molecule has 1 aromatic rings. The third-order valence-electron chi connectivity index (χ3n) is 3.59. The fourth-order valence-corrected chi connectivity index (χ4v) is 3.38. The van der Waals surface area contributed by atoms with E-state index in [0.29, 0.717) is 5.92 Å². The molecule has 3 N–H and O–H groups in total. The summed E-state index contributed by atoms with van der Waals surface area (Å²) in [7, 11) is 0. The molecule has 2 rings (SSSR count). The molecule has 110 valence electrons. The van der Waals surface area contributed by atoms with Crippen LogP contribution in [0.25, 0.3) is 0 Å². The Labute approximate surface area is 123 Å². The molecule has 5 nitrogen and oxygen atoms in total. The molecule has 20 heavy (non-hydrogen) atoms. The zero-order valence-corrected chi connectivity index (χ0v) is 12.5. The van der Waals surface area contributed by atoms with E-state index in [-0.39, 0.29) is 18.4 Å². The Hall–Kier alpha value is -1.56. The van der Waals surface area contributed by atoms with Gasteiger partial charge in [0.1, 0.15) is 0 Å². The van der Waals surface area contributed by atoms with Gasteiger partial charge in [0, 0.05) is 18.0 Å². The van der Waals surface area contributed by atoms with Crippen molar-refractivity contribution < 1.29 is 9.59 Å². The second-order valence-corrected chi connectivity index (χ2v) is 6.35. The highest BCUT2D eigenvalue weighted by Crippen LogP contribution is 2.24. The van der Waals surface area contributed by atoms with Gasteiger partial charge in [-0.15, -0.1) is 11.3 Å². The molecule has 0 bridgehead atoms. The third kappa shape index (κ3) is 3.96. The van der Waals surface area contributed by atoms with Crippen LogP contribution in [0.1, 0.15) is 37.1 Å². The van der Waals surface area contributed by atoms with Gasteiger partial charge >= 0.3 is 6.03 Å². The summed E-state index contributed by atoms with van der Waals surface area (Å²) >= 11 is 1.52. The van der Waals surface area contributed by atoms with Crippen LogP contribution in [0, 0.1) is 5.92 Å². The average Bonchev–Trinajstić information content (AvgIpc) is 2.91. The highest BCUT2D eigenvalue weighted by atomic mass is 32.1. The molecular weight excluding hydrogens is 274 g/mol. The largest absolute Gasteiger partial charge is 0.352 e. The average molecular weight is 295 g/mol. The van der Waals surface area contributed by atoms with E-state index in [1.165, 1.54) is 17.8 Å². The van der Waals surface area contributed by atoms with E-state index in [9.17, 15) is 9.59 Å². The van der Waals surface area contributed by atoms with Crippen LogP contribution in [0.5, 0.6) is 0 Å². The first kappa shape index (κ1) is 14.8. The van der Waals surface area contributed by atoms with Crippen LogP contribution in [0.3, 0.4) is 0 Å². The van der Waals surface area contributed by atoms with Crippen LogP contribution < -0.4 is 11.1 Å². The maximum Gasteiger partial charge on any atom is 0.312 e. The number of thiophene rings is 1. The minimum atomic E-state index is -0.594. The topological polar surface area (TPSA) is 75.4 Å². The normalized spacial score (nSPS) is 20.4. The summed E-state index contributed by atoms with van der Waals surface area (Å²) < 4.78 is 0. The lowest BCUT2D eigenvalue weighted by molar-refractivity contribution is -0.133. The third-order valence-corrected chi connectivity index (χ3v) is 4.58. The van der Waals surface area contributed by atoms with Crippen molar-refractivity contribution in [3.8, 4) is 0 Å². The second-order valence-electron chi connectivity index (χ2n) is 5.37. The Balaban J connectivity index is 2.00. The number of rotatable bonds is 4. The summed E-state index contributed by atoms with van der Waals surface area (Å²) in [6.07, 6.45) is 2.51. The number of amides is 3. The number of piperidine rings is 1. The van der Waals surface area contributed by atoms with Crippen molar-refractivity contribution in [2.24, 2.45) is 11.7 Å². The monoisotopic (exact) mass is 295 g/mol. The molecule has 0 aromatic carbocycles. The highest BCUT2D eigenvalue weighted by molar-refractivity contribution is 7.10. The maximum atomic E-state index is 12.4. The first-order chi connectivity index (χ1) is 9.56. The van der Waals surface area contributed by atoms with Gasteiger partial charge in [0.05, 0.1) is 12.5 Å². The lowest BCUT2D eigenvalue weighted by Gasteiger charge is -2.32. The van der Waals surface area contributed by atoms with Gasteiger partial charge in [-0.05, 0) is 30.2 Å². The van der Waals surface area contributed by atoms with Crippen molar-refractivity contribution in [3.63, 3.8) is 0 Å². The maximum absolute atomic E-state index is 12.4. The summed E-state index contributed by atoms with van der Waals surface area (Å²) in [5, 5.41) is 4.59. The van der Waals surface area contributed by atoms with Crippen molar-refractivity contribution in [2.45, 2.75) is 32.2 Å². The molecule has 0 saturated carbocycles. The molecule has 1 aliphatic rings. The minimum absolute atomic E-state index is 0.0868. The van der Waals surface area contributed by atoms with Gasteiger partial charge in [-0.1, -0.05) is 13.0 Å². The molecule has 2 heterocycles. The number of carbonyl (C=O) groups excluding carboxylic acids is 2. The number of nitrogens with zero attached hydrogens (tertiary/aromatic N) is 1. The number of hydrogen-bond donors (Lipinski definition) is 2. The zero-order chi connectivity index (χ0) is 14.5. The number of primary amides is 1. The second kappa shape index (κ2) is 6.74. The number of nitrogens with two attached hydrogens (primary N) is 1. The van der Waals surface area contributed by atoms with Crippen LogP contribution in [0.2, 0.25) is 0 Å². The van der Waals surface area contributed by atoms with E-state index in [0.717, 1.165) is 24.4 Å². The summed E-state index contributed by atoms with van der Waals surface area (Å²) in [6, 6.07) is 2.90. The van der Waals surface area contributed by atoms with Gasteiger partial charge in [-0.3, -0.25) is 4.79 Å². The Morgan fingerprint density at radius 3 is 3.00 bits per heavy atom. The fourth-order valence-electron chi connectivity index (χ4n) is 2.60. The Morgan fingerprint density at radius 1 is 1.60 bits per heavy atom. The molecule has 3 amide bonds. The number of urea groups is 1. The molecule has 2 unspecified atom stereocenters. The van der Waals surface area contributed by atoms with Crippen LogP contribution >= 0.6 is 11.3 Å². The Kier molecular flexibility index (Phi) is 5.00. The van der Waals surface area contributed by atoms with Gasteiger partial charge in [-0.25, -0.2) is 4.79 Å². The molecule has 6 heteroatoms. The predicted octanol–water partition coefficient (Wildman–Crippen LogP) is 2.11. The molecule has 0 spiro atoms. The van der Waals surface area contributed by atoms with Crippen LogP contribution in [0.15, 0.2) is 17.5 Å². The smallest absolute Gasteiger partial charge is 0.312 e. The van der Waals surface area contributed by atoms with E-state index in [1.807, 2.05) is 22.4 Å². The number of hydrogen-bond acceptors (Lipinski definition) is 3. The van der Waals surface area contributed by atoms with Gasteiger partial charge < -0.3 is 16.0 Å². The van der Waals surface area contributed by atoms with E-state index in [2.05, 4.69) is 12.2 Å². The van der Waals surface area contributed by atoms with Crippen molar-refractivity contribution >= 4 is 23.3 Å². The lowest BCUT2D eigenvalue weighted by Crippen LogP contribution is -2.42. The van der Waals surface area contributed by atoms with E-state index in [4.69, 9.17) is 5.73 Å². The predicted molar refractivity (Wildman–Crippen MR) is 79.4 cm³/mol. The van der Waals surface area contributed by atoms with Crippen molar-refractivity contribution in [2.75, 3.05) is 13.1 Å². The first-order valence-electron chi connectivity index (χ1n) is 6.93. The molecule has 1 fully saturated rings. The van der Waals surface area contributed by atoms with E-state index >= 15 is 0 Å². The number of likely N-dealkylation sites (tertiary alicyclic amines) is 1. The summed E-state index contributed by atoms with van der Waals surface area (Å²) in [6.45, 7) is 3.79. The summed E-state index contributed by atoms with van der Waals surface area (Å²) in [5.74, 6) is 0.640. The summed E-state index contributed by atoms with van der Waals surface area (Å²) in [4.78, 5) is 26.3. The van der Waals surface area contributed by atoms with Gasteiger partial charge in [-0.2, -0.15) is 0 Å². The van der Waals surface area contributed by atoms with E-state index in [1.54, 1.807) is 0 Å². The van der Waals surface area contributed by atoms with Crippen molar-refractivity contribution in [1.82, 2.24) is 10.2 Å². The quantitative estimate of drug-likeness (QED) is 0.892. The number of nitrogens with one attached hydrogen (secondary N) is 1. The Morgan fingerprint density at radius 2 is 2.40 bits per heavy atom. The van der Waals surface area contributed by atoms with Gasteiger partial charge in [0.15, 0.2) is 0 Å². The molecule has 1 aliphatic heterocycles. The first-order valence-corrected chi connectivity index (χ1v) is 7.81. The van der Waals surface area contributed by atoms with Crippen molar-refractivity contribution in [1.29, 1.82) is 0 Å². The highest BCUT2D eigenvalue weighted by Gasteiger charge is 2.25. The zero-order valence-electron chi connectivity index (χ0n) is 11.7. The van der Waals surface area contributed by atoms with Crippen LogP contribution in [-0.4, -0.2) is 29.9 Å². The Bertz CT molecular complexity index is 461. The van der Waals surface area contributed by atoms with Crippen LogP contribution in [0.4, 0.5) is 4.79 Å². The number of carbonyl (C=O) groups is 2. The molecule has 2 atom stereocenters. The lowest BCUT2D eigenvalue weighted by atomic mass is 9.99. The fraction of sp³-hybridized carbons (Fsp3) is 0.571. The standard InChI is InChI=1S/C14H21N3O2S/c1-10-4-2-6-17(9-10)13(18)8-11(16-14(15)19)12-5-3-7-20-12/h3,5,7,10-11H,2,4,6,8-9H2,1H3,(H3,15,16,19). The molecular formula is C14H21N3O2S. The summed E-state index contributed by atoms with van der Waals surface area (Å²) in [5.41, 5.74) is 5.21. The molecule has 1 aromatic heterocycles. The molecule has 1 saturated heterocycles. The van der Waals surface area contributed by atoms with Gasteiger partial charge in [0.25, 0.3) is 0 Å². The molecule has 0 aliphatic carbocycles. The van der Waals surface area contributed by atoms with E-state index < -0.39 is 6.03 Å². The van der Waals surface area contributed by atoms with Gasteiger partial charge in [0.2, 0.25) is 5.91 Å². The molecule has 0 radical (unpaired) electrons.